The second-order valence-electron chi connectivity index (χ2n) is 4.31. The fourth-order valence-electron chi connectivity index (χ4n) is 2.16. The number of morpholine rings is 1. The van der Waals surface area contributed by atoms with Gasteiger partial charge < -0.3 is 19.5 Å². The van der Waals surface area contributed by atoms with Crippen LogP contribution in [0, 0.1) is 0 Å². The van der Waals surface area contributed by atoms with E-state index in [0.29, 0.717) is 35.9 Å². The van der Waals surface area contributed by atoms with E-state index in [2.05, 4.69) is 9.97 Å². The van der Waals surface area contributed by atoms with Gasteiger partial charge in [-0.05, 0) is 12.1 Å². The number of hydrogen-bond acceptors (Lipinski definition) is 6. The smallest absolute Gasteiger partial charge is 0.229 e. The van der Waals surface area contributed by atoms with Gasteiger partial charge in [-0.25, -0.2) is 4.98 Å². The Hall–Kier alpha value is -2.08. The third kappa shape index (κ3) is 2.15. The maximum Gasteiger partial charge on any atom is 0.229 e. The Balaban J connectivity index is 2.12. The third-order valence-corrected chi connectivity index (χ3v) is 3.15. The highest BCUT2D eigenvalue weighted by Gasteiger charge is 2.17. The monoisotopic (exact) mass is 261 g/mol. The zero-order valence-electron chi connectivity index (χ0n) is 10.7. The molecule has 2 aromatic rings. The van der Waals surface area contributed by atoms with Gasteiger partial charge in [0.25, 0.3) is 0 Å². The van der Waals surface area contributed by atoms with Crippen LogP contribution in [0.5, 0.6) is 11.6 Å². The van der Waals surface area contributed by atoms with E-state index in [0.717, 1.165) is 13.1 Å². The topological polar surface area (TPSA) is 67.7 Å². The van der Waals surface area contributed by atoms with Crippen LogP contribution in [0.15, 0.2) is 18.2 Å². The van der Waals surface area contributed by atoms with Crippen LogP contribution in [0.3, 0.4) is 0 Å². The van der Waals surface area contributed by atoms with Crippen molar-refractivity contribution in [2.45, 2.75) is 0 Å². The average molecular weight is 261 g/mol. The fourth-order valence-corrected chi connectivity index (χ4v) is 2.16. The van der Waals surface area contributed by atoms with Crippen LogP contribution < -0.4 is 9.64 Å². The Morgan fingerprint density at radius 2 is 2.05 bits per heavy atom. The first kappa shape index (κ1) is 12.0. The average Bonchev–Trinajstić information content (AvgIpc) is 2.48. The van der Waals surface area contributed by atoms with Crippen LogP contribution in [0.2, 0.25) is 0 Å². The van der Waals surface area contributed by atoms with E-state index in [-0.39, 0.29) is 5.75 Å². The number of rotatable bonds is 2. The highest BCUT2D eigenvalue weighted by atomic mass is 16.5. The van der Waals surface area contributed by atoms with Crippen LogP contribution in [0.4, 0.5) is 5.95 Å². The Labute approximate surface area is 110 Å². The molecule has 3 rings (SSSR count). The van der Waals surface area contributed by atoms with Crippen LogP contribution in [0.25, 0.3) is 10.9 Å². The predicted octanol–water partition coefficient (Wildman–Crippen LogP) is 1.18. The highest BCUT2D eigenvalue weighted by molar-refractivity contribution is 5.89. The molecule has 0 atom stereocenters. The van der Waals surface area contributed by atoms with E-state index in [1.165, 1.54) is 0 Å². The zero-order chi connectivity index (χ0) is 13.2. The van der Waals surface area contributed by atoms with E-state index in [1.54, 1.807) is 19.2 Å². The normalized spacial score (nSPS) is 15.7. The van der Waals surface area contributed by atoms with Gasteiger partial charge in [0, 0.05) is 13.1 Å². The van der Waals surface area contributed by atoms with Crippen molar-refractivity contribution in [3.63, 3.8) is 0 Å². The van der Waals surface area contributed by atoms with Crippen LogP contribution in [0.1, 0.15) is 0 Å². The number of benzene rings is 1. The minimum atomic E-state index is 0.132. The van der Waals surface area contributed by atoms with E-state index < -0.39 is 0 Å². The number of fused-ring (bicyclic) bond motifs is 1. The number of phenols is 1. The molecule has 0 bridgehead atoms. The quantitative estimate of drug-likeness (QED) is 0.875. The summed E-state index contributed by atoms with van der Waals surface area (Å²) in [5.41, 5.74) is 0.510. The fraction of sp³-hybridized carbons (Fsp3) is 0.385. The largest absolute Gasteiger partial charge is 0.506 e. The van der Waals surface area contributed by atoms with Crippen molar-refractivity contribution in [2.24, 2.45) is 0 Å². The molecule has 1 saturated heterocycles. The van der Waals surface area contributed by atoms with Crippen molar-refractivity contribution >= 4 is 16.9 Å². The molecular weight excluding hydrogens is 246 g/mol. The van der Waals surface area contributed by atoms with Gasteiger partial charge in [-0.1, -0.05) is 6.07 Å². The lowest BCUT2D eigenvalue weighted by Gasteiger charge is -2.27. The summed E-state index contributed by atoms with van der Waals surface area (Å²) in [5, 5.41) is 10.6. The number of methoxy groups -OCH3 is 1. The summed E-state index contributed by atoms with van der Waals surface area (Å²) in [4.78, 5) is 10.9. The minimum Gasteiger partial charge on any atom is -0.506 e. The number of ether oxygens (including phenoxy) is 2. The standard InChI is InChI=1S/C13H15N3O3/c1-18-12-9-3-2-4-10(17)11(9)14-13(15-12)16-5-7-19-8-6-16/h2-4,17H,5-8H2,1H3. The Morgan fingerprint density at radius 3 is 2.79 bits per heavy atom. The van der Waals surface area contributed by atoms with Gasteiger partial charge in [-0.3, -0.25) is 0 Å². The first-order valence-corrected chi connectivity index (χ1v) is 6.16. The van der Waals surface area contributed by atoms with Crippen molar-refractivity contribution < 1.29 is 14.6 Å². The van der Waals surface area contributed by atoms with Gasteiger partial charge in [0.1, 0.15) is 11.3 Å². The molecule has 100 valence electrons. The van der Waals surface area contributed by atoms with Gasteiger partial charge in [-0.2, -0.15) is 4.98 Å². The van der Waals surface area contributed by atoms with Crippen LogP contribution in [-0.2, 0) is 4.74 Å². The molecule has 0 aliphatic carbocycles. The summed E-state index contributed by atoms with van der Waals surface area (Å²) in [6.07, 6.45) is 0. The second-order valence-corrected chi connectivity index (χ2v) is 4.31. The molecular formula is C13H15N3O3. The van der Waals surface area contributed by atoms with E-state index in [9.17, 15) is 5.11 Å². The number of para-hydroxylation sites is 1. The van der Waals surface area contributed by atoms with E-state index >= 15 is 0 Å². The molecule has 1 fully saturated rings. The van der Waals surface area contributed by atoms with Crippen molar-refractivity contribution in [2.75, 3.05) is 38.3 Å². The van der Waals surface area contributed by atoms with Crippen molar-refractivity contribution in [1.82, 2.24) is 9.97 Å². The molecule has 1 aromatic heterocycles. The molecule has 0 saturated carbocycles. The van der Waals surface area contributed by atoms with Crippen molar-refractivity contribution in [3.8, 4) is 11.6 Å². The van der Waals surface area contributed by atoms with Gasteiger partial charge in [-0.15, -0.1) is 0 Å². The van der Waals surface area contributed by atoms with Crippen LogP contribution >= 0.6 is 0 Å². The predicted molar refractivity (Wildman–Crippen MR) is 70.8 cm³/mol. The van der Waals surface area contributed by atoms with Gasteiger partial charge in [0.05, 0.1) is 25.7 Å². The molecule has 0 radical (unpaired) electrons. The summed E-state index contributed by atoms with van der Waals surface area (Å²) < 4.78 is 10.6. The summed E-state index contributed by atoms with van der Waals surface area (Å²) in [6, 6.07) is 5.19. The number of hydrogen-bond donors (Lipinski definition) is 1. The van der Waals surface area contributed by atoms with Crippen molar-refractivity contribution in [3.05, 3.63) is 18.2 Å². The molecule has 1 aliphatic rings. The molecule has 1 aromatic carbocycles. The first-order chi connectivity index (χ1) is 9.29. The highest BCUT2D eigenvalue weighted by Crippen LogP contribution is 2.30. The Morgan fingerprint density at radius 1 is 1.26 bits per heavy atom. The summed E-state index contributed by atoms with van der Waals surface area (Å²) in [7, 11) is 1.56. The number of phenolic OH excluding ortho intramolecular Hbond substituents is 1. The minimum absolute atomic E-state index is 0.132. The SMILES string of the molecule is COc1nc(N2CCOCC2)nc2c(O)cccc12. The molecule has 6 heteroatoms. The number of nitrogens with zero attached hydrogens (tertiary/aromatic N) is 3. The maximum atomic E-state index is 9.92. The molecule has 6 nitrogen and oxygen atoms in total. The molecule has 0 spiro atoms. The third-order valence-electron chi connectivity index (χ3n) is 3.15. The summed E-state index contributed by atoms with van der Waals surface area (Å²) in [6.45, 7) is 2.79. The molecule has 1 N–H and O–H groups in total. The Bertz CT molecular complexity index is 597. The molecule has 0 amide bonds. The summed E-state index contributed by atoms with van der Waals surface area (Å²) >= 11 is 0. The molecule has 2 heterocycles. The number of aromatic hydroxyl groups is 1. The Kier molecular flexibility index (Phi) is 3.08. The number of aromatic nitrogens is 2. The maximum absolute atomic E-state index is 9.92. The van der Waals surface area contributed by atoms with Gasteiger partial charge in [0.15, 0.2) is 0 Å². The zero-order valence-corrected chi connectivity index (χ0v) is 10.7. The molecule has 1 aliphatic heterocycles. The molecule has 19 heavy (non-hydrogen) atoms. The van der Waals surface area contributed by atoms with Crippen molar-refractivity contribution in [1.29, 1.82) is 0 Å². The lowest BCUT2D eigenvalue weighted by atomic mass is 10.2. The lowest BCUT2D eigenvalue weighted by Crippen LogP contribution is -2.37. The van der Waals surface area contributed by atoms with Crippen LogP contribution in [-0.4, -0.2) is 48.5 Å². The summed E-state index contributed by atoms with van der Waals surface area (Å²) in [5.74, 6) is 1.17. The lowest BCUT2D eigenvalue weighted by molar-refractivity contribution is 0.122. The first-order valence-electron chi connectivity index (χ1n) is 6.16. The van der Waals surface area contributed by atoms with Gasteiger partial charge in [0.2, 0.25) is 11.8 Å². The molecule has 0 unspecified atom stereocenters. The van der Waals surface area contributed by atoms with E-state index in [1.807, 2.05) is 11.0 Å². The van der Waals surface area contributed by atoms with Gasteiger partial charge >= 0.3 is 0 Å². The van der Waals surface area contributed by atoms with E-state index in [4.69, 9.17) is 9.47 Å². The number of anilines is 1. The second kappa shape index (κ2) is 4.89.